The number of allylic oxidation sites excluding steroid dienone is 2. The third-order valence-corrected chi connectivity index (χ3v) is 1.66. The van der Waals surface area contributed by atoms with E-state index in [2.05, 4.69) is 0 Å². The van der Waals surface area contributed by atoms with E-state index < -0.39 is 5.54 Å². The van der Waals surface area contributed by atoms with Gasteiger partial charge in [0.05, 0.1) is 0 Å². The number of halogens is 1. The molecule has 0 aromatic carbocycles. The predicted molar refractivity (Wildman–Crippen MR) is 42.4 cm³/mol. The molecule has 56 valence electrons. The van der Waals surface area contributed by atoms with Crippen molar-refractivity contribution in [1.82, 2.24) is 5.06 Å². The van der Waals surface area contributed by atoms with Crippen molar-refractivity contribution in [3.05, 3.63) is 28.6 Å². The van der Waals surface area contributed by atoms with Crippen LogP contribution >= 0.6 is 11.6 Å². The summed E-state index contributed by atoms with van der Waals surface area (Å²) in [6.07, 6.45) is 4.74. The van der Waals surface area contributed by atoms with Gasteiger partial charge in [-0.15, -0.1) is 0 Å². The van der Waals surface area contributed by atoms with E-state index >= 15 is 0 Å². The van der Waals surface area contributed by atoms with Crippen molar-refractivity contribution in [2.75, 3.05) is 0 Å². The molecule has 0 unspecified atom stereocenters. The second-order valence-corrected chi connectivity index (χ2v) is 3.26. The van der Waals surface area contributed by atoms with Crippen LogP contribution in [0.4, 0.5) is 0 Å². The van der Waals surface area contributed by atoms with Gasteiger partial charge in [-0.3, -0.25) is 0 Å². The van der Waals surface area contributed by atoms with E-state index in [1.807, 2.05) is 13.8 Å². The molecule has 0 radical (unpaired) electrons. The molecule has 0 spiro atoms. The quantitative estimate of drug-likeness (QED) is 0.541. The Morgan fingerprint density at radius 1 is 1.60 bits per heavy atom. The Kier molecular flexibility index (Phi) is 1.75. The first-order valence-electron chi connectivity index (χ1n) is 3.05. The third kappa shape index (κ3) is 1.33. The van der Waals surface area contributed by atoms with E-state index in [-0.39, 0.29) is 0 Å². The van der Waals surface area contributed by atoms with Crippen LogP contribution < -0.4 is 0 Å². The Bertz CT molecular complexity index is 196. The van der Waals surface area contributed by atoms with Gasteiger partial charge in [-0.1, -0.05) is 11.6 Å². The zero-order chi connectivity index (χ0) is 7.78. The van der Waals surface area contributed by atoms with Crippen LogP contribution in [0, 0.1) is 5.21 Å². The molecule has 0 bridgehead atoms. The summed E-state index contributed by atoms with van der Waals surface area (Å²) in [7, 11) is 0. The maximum atomic E-state index is 11.0. The minimum atomic E-state index is -0.494. The summed E-state index contributed by atoms with van der Waals surface area (Å²) in [5.74, 6) is 0. The Morgan fingerprint density at radius 2 is 2.20 bits per heavy atom. The van der Waals surface area contributed by atoms with Crippen LogP contribution in [0.2, 0.25) is 0 Å². The fraction of sp³-hybridized carbons (Fsp3) is 0.429. The minimum absolute atomic E-state index is 0.494. The third-order valence-electron chi connectivity index (χ3n) is 1.43. The topological polar surface area (TPSA) is 26.3 Å². The van der Waals surface area contributed by atoms with E-state index in [9.17, 15) is 5.21 Å². The SMILES string of the molecule is CC1(C)C=C(Cl)C=CN1[O-]. The van der Waals surface area contributed by atoms with Crippen molar-refractivity contribution in [3.63, 3.8) is 0 Å². The number of nitrogens with zero attached hydrogens (tertiary/aromatic N) is 1. The van der Waals surface area contributed by atoms with Crippen molar-refractivity contribution >= 4 is 11.6 Å². The standard InChI is InChI=1S/C7H9ClNO/c1-7(2)5-6(8)3-4-9(7)10/h3-5H,1-2H3/q-1. The molecule has 0 aromatic rings. The van der Waals surface area contributed by atoms with E-state index in [1.54, 1.807) is 12.2 Å². The summed E-state index contributed by atoms with van der Waals surface area (Å²) in [5.41, 5.74) is -0.494. The van der Waals surface area contributed by atoms with Crippen LogP contribution in [0.1, 0.15) is 13.8 Å². The molecule has 0 fully saturated rings. The van der Waals surface area contributed by atoms with Gasteiger partial charge in [0.2, 0.25) is 0 Å². The molecule has 0 saturated heterocycles. The highest BCUT2D eigenvalue weighted by Crippen LogP contribution is 2.23. The second kappa shape index (κ2) is 2.29. The van der Waals surface area contributed by atoms with Gasteiger partial charge < -0.3 is 10.3 Å². The molecule has 3 heteroatoms. The van der Waals surface area contributed by atoms with Crippen molar-refractivity contribution in [2.45, 2.75) is 19.4 Å². The zero-order valence-corrected chi connectivity index (χ0v) is 6.72. The van der Waals surface area contributed by atoms with Crippen LogP contribution in [0.5, 0.6) is 0 Å². The summed E-state index contributed by atoms with van der Waals surface area (Å²) in [4.78, 5) is 0. The lowest BCUT2D eigenvalue weighted by molar-refractivity contribution is 0.316. The van der Waals surface area contributed by atoms with Crippen molar-refractivity contribution < 1.29 is 0 Å². The van der Waals surface area contributed by atoms with Crippen molar-refractivity contribution in [1.29, 1.82) is 0 Å². The molecule has 2 nitrogen and oxygen atoms in total. The van der Waals surface area contributed by atoms with Crippen LogP contribution in [-0.2, 0) is 0 Å². The molecule has 0 saturated carbocycles. The number of hydroxylamine groups is 2. The summed E-state index contributed by atoms with van der Waals surface area (Å²) in [5, 5.41) is 12.5. The van der Waals surface area contributed by atoms with Crippen LogP contribution in [0.3, 0.4) is 0 Å². The summed E-state index contributed by atoms with van der Waals surface area (Å²) in [6, 6.07) is 0. The second-order valence-electron chi connectivity index (χ2n) is 2.82. The highest BCUT2D eigenvalue weighted by Gasteiger charge is 2.17. The molecular formula is C7H9ClNO-. The normalized spacial score (nSPS) is 22.8. The highest BCUT2D eigenvalue weighted by atomic mass is 35.5. The molecular weight excluding hydrogens is 150 g/mol. The molecule has 1 aliphatic rings. The van der Waals surface area contributed by atoms with Gasteiger partial charge >= 0.3 is 0 Å². The number of hydrogen-bond acceptors (Lipinski definition) is 2. The smallest absolute Gasteiger partial charge is 0.0430 e. The molecule has 0 aliphatic carbocycles. The highest BCUT2D eigenvalue weighted by molar-refractivity contribution is 6.31. The maximum Gasteiger partial charge on any atom is 0.0430 e. The van der Waals surface area contributed by atoms with E-state index in [4.69, 9.17) is 11.6 Å². The lowest BCUT2D eigenvalue weighted by Gasteiger charge is -2.43. The average molecular weight is 159 g/mol. The average Bonchev–Trinajstić information content (AvgIpc) is 1.78. The summed E-state index contributed by atoms with van der Waals surface area (Å²) in [6.45, 7) is 3.62. The van der Waals surface area contributed by atoms with E-state index in [0.717, 1.165) is 5.06 Å². The fourth-order valence-electron chi connectivity index (χ4n) is 0.780. The first-order chi connectivity index (χ1) is 4.52. The first kappa shape index (κ1) is 7.63. The molecule has 1 heterocycles. The van der Waals surface area contributed by atoms with Gasteiger partial charge in [0.1, 0.15) is 0 Å². The largest absolute Gasteiger partial charge is 0.758 e. The van der Waals surface area contributed by atoms with Crippen LogP contribution in [0.15, 0.2) is 23.4 Å². The van der Waals surface area contributed by atoms with E-state index in [0.29, 0.717) is 5.03 Å². The monoisotopic (exact) mass is 158 g/mol. The number of rotatable bonds is 0. The lowest BCUT2D eigenvalue weighted by atomic mass is 10.0. The van der Waals surface area contributed by atoms with Gasteiger partial charge in [0.25, 0.3) is 0 Å². The maximum absolute atomic E-state index is 11.0. The van der Waals surface area contributed by atoms with Crippen molar-refractivity contribution in [2.24, 2.45) is 0 Å². The minimum Gasteiger partial charge on any atom is -0.758 e. The van der Waals surface area contributed by atoms with Gasteiger partial charge in [-0.25, -0.2) is 0 Å². The van der Waals surface area contributed by atoms with Crippen LogP contribution in [0.25, 0.3) is 0 Å². The molecule has 1 aliphatic heterocycles. The Balaban J connectivity index is 2.88. The molecule has 1 rings (SSSR count). The Hall–Kier alpha value is -0.470. The summed E-state index contributed by atoms with van der Waals surface area (Å²) < 4.78 is 0. The van der Waals surface area contributed by atoms with Gasteiger partial charge in [0, 0.05) is 10.6 Å². The Morgan fingerprint density at radius 3 is 2.60 bits per heavy atom. The van der Waals surface area contributed by atoms with E-state index in [1.165, 1.54) is 6.20 Å². The van der Waals surface area contributed by atoms with Gasteiger partial charge in [-0.05, 0) is 32.2 Å². The summed E-state index contributed by atoms with van der Waals surface area (Å²) >= 11 is 5.68. The van der Waals surface area contributed by atoms with Crippen LogP contribution in [-0.4, -0.2) is 10.6 Å². The predicted octanol–water partition coefficient (Wildman–Crippen LogP) is 2.21. The fourth-order valence-corrected chi connectivity index (χ4v) is 1.10. The van der Waals surface area contributed by atoms with Crippen molar-refractivity contribution in [3.8, 4) is 0 Å². The zero-order valence-electron chi connectivity index (χ0n) is 5.97. The van der Waals surface area contributed by atoms with Gasteiger partial charge in [-0.2, -0.15) is 0 Å². The molecule has 10 heavy (non-hydrogen) atoms. The van der Waals surface area contributed by atoms with Gasteiger partial charge in [0.15, 0.2) is 0 Å². The molecule has 0 N–H and O–H groups in total. The molecule has 0 aromatic heterocycles. The molecule has 0 atom stereocenters. The Labute approximate surface area is 65.4 Å². The first-order valence-corrected chi connectivity index (χ1v) is 3.43. The number of hydrogen-bond donors (Lipinski definition) is 0. The molecule has 0 amide bonds. The lowest BCUT2D eigenvalue weighted by Crippen LogP contribution is -2.35.